The maximum Gasteiger partial charge on any atom is 0.416 e. The summed E-state index contributed by atoms with van der Waals surface area (Å²) in [6.45, 7) is 1.94. The summed E-state index contributed by atoms with van der Waals surface area (Å²) in [6, 6.07) is 3.70. The lowest BCUT2D eigenvalue weighted by atomic mass is 9.84. The van der Waals surface area contributed by atoms with Crippen LogP contribution in [0.15, 0.2) is 34.9 Å². The highest BCUT2D eigenvalue weighted by atomic mass is 32.2. The lowest BCUT2D eigenvalue weighted by Gasteiger charge is -2.25. The van der Waals surface area contributed by atoms with Crippen molar-refractivity contribution in [1.82, 2.24) is 5.32 Å². The number of hydrogen-bond acceptors (Lipinski definition) is 4. The molecule has 1 heterocycles. The first-order valence-corrected chi connectivity index (χ1v) is 10.0. The second-order valence-electron chi connectivity index (χ2n) is 6.67. The summed E-state index contributed by atoms with van der Waals surface area (Å²) >= 11 is 1.43. The molecule has 1 aromatic rings. The number of hydrogen-bond donors (Lipinski definition) is 2. The van der Waals surface area contributed by atoms with Gasteiger partial charge in [0.15, 0.2) is 0 Å². The first-order valence-electron chi connectivity index (χ1n) is 9.12. The molecular formula is C19H21F3N2O3S. The normalized spacial score (nSPS) is 21.9. The zero-order valence-corrected chi connectivity index (χ0v) is 16.1. The highest BCUT2D eigenvalue weighted by Crippen LogP contribution is 2.48. The van der Waals surface area contributed by atoms with Crippen molar-refractivity contribution < 1.29 is 27.5 Å². The zero-order chi connectivity index (χ0) is 20.3. The van der Waals surface area contributed by atoms with E-state index in [0.29, 0.717) is 10.6 Å². The Morgan fingerprint density at radius 3 is 2.68 bits per heavy atom. The fourth-order valence-electron chi connectivity index (χ4n) is 3.54. The molecule has 0 saturated heterocycles. The molecule has 9 heteroatoms. The second-order valence-corrected chi connectivity index (χ2v) is 7.92. The van der Waals surface area contributed by atoms with Gasteiger partial charge in [-0.1, -0.05) is 18.9 Å². The summed E-state index contributed by atoms with van der Waals surface area (Å²) in [4.78, 5) is 24.8. The number of esters is 1. The second kappa shape index (κ2) is 8.46. The monoisotopic (exact) mass is 414 g/mol. The Labute approximate surface area is 165 Å². The van der Waals surface area contributed by atoms with Gasteiger partial charge in [0.2, 0.25) is 0 Å². The number of alkyl halides is 3. The maximum absolute atomic E-state index is 12.8. The van der Waals surface area contributed by atoms with E-state index in [1.807, 2.05) is 0 Å². The number of amides is 2. The third-order valence-corrected chi connectivity index (χ3v) is 6.18. The van der Waals surface area contributed by atoms with E-state index in [-0.39, 0.29) is 23.5 Å². The molecule has 0 bridgehead atoms. The number of halogens is 3. The van der Waals surface area contributed by atoms with Crippen LogP contribution in [0.3, 0.4) is 0 Å². The smallest absolute Gasteiger partial charge is 0.416 e. The average Bonchev–Trinajstić information content (AvgIpc) is 2.99. The van der Waals surface area contributed by atoms with Gasteiger partial charge < -0.3 is 15.4 Å². The predicted molar refractivity (Wildman–Crippen MR) is 101 cm³/mol. The molecule has 0 radical (unpaired) electrons. The largest absolute Gasteiger partial charge is 0.463 e. The summed E-state index contributed by atoms with van der Waals surface area (Å²) in [5.41, 5.74) is -0.361. The quantitative estimate of drug-likeness (QED) is 0.687. The number of nitrogens with one attached hydrogen (secondary N) is 2. The summed E-state index contributed by atoms with van der Waals surface area (Å²) in [5, 5.41) is 5.68. The van der Waals surface area contributed by atoms with Crippen molar-refractivity contribution in [3.05, 3.63) is 40.4 Å². The van der Waals surface area contributed by atoms with Crippen LogP contribution in [-0.4, -0.2) is 23.9 Å². The van der Waals surface area contributed by atoms with Crippen LogP contribution in [0.25, 0.3) is 0 Å². The molecule has 5 nitrogen and oxygen atoms in total. The van der Waals surface area contributed by atoms with Gasteiger partial charge in [-0.2, -0.15) is 13.2 Å². The minimum absolute atomic E-state index is 0.0195. The van der Waals surface area contributed by atoms with E-state index >= 15 is 0 Å². The summed E-state index contributed by atoms with van der Waals surface area (Å²) < 4.78 is 43.6. The van der Waals surface area contributed by atoms with E-state index in [1.165, 1.54) is 23.9 Å². The molecule has 1 aliphatic heterocycles. The number of ether oxygens (including phenoxy) is 1. The third-order valence-electron chi connectivity index (χ3n) is 4.76. The van der Waals surface area contributed by atoms with Crippen molar-refractivity contribution >= 4 is 29.4 Å². The number of anilines is 1. The van der Waals surface area contributed by atoms with Gasteiger partial charge in [-0.15, -0.1) is 11.8 Å². The maximum atomic E-state index is 12.8. The van der Waals surface area contributed by atoms with Crippen LogP contribution in [0.1, 0.15) is 38.2 Å². The van der Waals surface area contributed by atoms with Crippen LogP contribution in [-0.2, 0) is 15.7 Å². The van der Waals surface area contributed by atoms with E-state index < -0.39 is 23.7 Å². The van der Waals surface area contributed by atoms with E-state index in [4.69, 9.17) is 4.74 Å². The first-order chi connectivity index (χ1) is 13.3. The van der Waals surface area contributed by atoms with Crippen molar-refractivity contribution in [2.24, 2.45) is 5.92 Å². The van der Waals surface area contributed by atoms with E-state index in [9.17, 15) is 22.8 Å². The van der Waals surface area contributed by atoms with Gasteiger partial charge in [0.25, 0.3) is 0 Å². The van der Waals surface area contributed by atoms with Crippen LogP contribution >= 0.6 is 11.8 Å². The number of thioether (sulfide) groups is 1. The summed E-state index contributed by atoms with van der Waals surface area (Å²) in [5.74, 6) is -0.416. The summed E-state index contributed by atoms with van der Waals surface area (Å²) in [7, 11) is 0. The van der Waals surface area contributed by atoms with Crippen molar-refractivity contribution in [3.8, 4) is 0 Å². The Bertz CT molecular complexity index is 795. The third kappa shape index (κ3) is 4.63. The molecule has 2 N–H and O–H groups in total. The Balaban J connectivity index is 1.75. The van der Waals surface area contributed by atoms with Crippen molar-refractivity contribution in [2.75, 3.05) is 11.9 Å². The number of urea groups is 1. The Kier molecular flexibility index (Phi) is 6.22. The first kappa shape index (κ1) is 20.6. The van der Waals surface area contributed by atoms with E-state index in [0.717, 1.165) is 37.8 Å². The molecule has 3 rings (SSSR count). The fourth-order valence-corrected chi connectivity index (χ4v) is 5.08. The molecule has 0 spiro atoms. The molecule has 1 fully saturated rings. The molecule has 2 unspecified atom stereocenters. The highest BCUT2D eigenvalue weighted by molar-refractivity contribution is 8.04. The van der Waals surface area contributed by atoms with Crippen molar-refractivity contribution in [2.45, 2.75) is 44.0 Å². The predicted octanol–water partition coefficient (Wildman–Crippen LogP) is 4.91. The van der Waals surface area contributed by atoms with Gasteiger partial charge in [0, 0.05) is 16.9 Å². The van der Waals surface area contributed by atoms with Crippen LogP contribution in [0.5, 0.6) is 0 Å². The van der Waals surface area contributed by atoms with Gasteiger partial charge in [-0.3, -0.25) is 0 Å². The topological polar surface area (TPSA) is 67.4 Å². The van der Waals surface area contributed by atoms with Gasteiger partial charge in [-0.05, 0) is 38.0 Å². The highest BCUT2D eigenvalue weighted by Gasteiger charge is 2.41. The zero-order valence-electron chi connectivity index (χ0n) is 15.3. The van der Waals surface area contributed by atoms with Gasteiger partial charge in [0.1, 0.15) is 0 Å². The van der Waals surface area contributed by atoms with Crippen molar-refractivity contribution in [3.63, 3.8) is 0 Å². The van der Waals surface area contributed by atoms with Crippen LogP contribution in [0, 0.1) is 5.92 Å². The fraction of sp³-hybridized carbons (Fsp3) is 0.474. The van der Waals surface area contributed by atoms with E-state index in [2.05, 4.69) is 10.6 Å². The lowest BCUT2D eigenvalue weighted by molar-refractivity contribution is -0.139. The molecule has 0 aromatic heterocycles. The molecule has 2 aliphatic rings. The van der Waals surface area contributed by atoms with Gasteiger partial charge in [0.05, 0.1) is 22.8 Å². The van der Waals surface area contributed by atoms with Gasteiger partial charge >= 0.3 is 18.2 Å². The number of rotatable bonds is 4. The Hall–Kier alpha value is -2.16. The number of benzene rings is 1. The molecule has 28 heavy (non-hydrogen) atoms. The van der Waals surface area contributed by atoms with Crippen LogP contribution in [0.2, 0.25) is 0 Å². The lowest BCUT2D eigenvalue weighted by Crippen LogP contribution is -2.29. The minimum atomic E-state index is -4.50. The standard InChI is InChI=1S/C19H21F3N2O3S/c1-2-27-17(25)15-13-8-3-4-9-14(13)28-16(15)24-18(26)23-12-7-5-6-11(10-12)19(20,21)22/h5-7,10,13-14H,2-4,8-9H2,1H3,(H2,23,24,26). The Morgan fingerprint density at radius 2 is 1.96 bits per heavy atom. The number of carbonyl (C=O) groups is 2. The van der Waals surface area contributed by atoms with Gasteiger partial charge in [-0.25, -0.2) is 9.59 Å². The number of carbonyl (C=O) groups excluding carboxylic acids is 2. The van der Waals surface area contributed by atoms with Crippen LogP contribution < -0.4 is 10.6 Å². The SMILES string of the molecule is CCOC(=O)C1=C(NC(=O)Nc2cccc(C(F)(F)F)c2)SC2CCCCC12. The van der Waals surface area contributed by atoms with E-state index in [1.54, 1.807) is 6.92 Å². The molecule has 2 amide bonds. The van der Waals surface area contributed by atoms with Crippen LogP contribution in [0.4, 0.5) is 23.7 Å². The number of fused-ring (bicyclic) bond motifs is 1. The van der Waals surface area contributed by atoms with Crippen molar-refractivity contribution in [1.29, 1.82) is 0 Å². The Morgan fingerprint density at radius 1 is 1.21 bits per heavy atom. The summed E-state index contributed by atoms with van der Waals surface area (Å²) in [6.07, 6.45) is -0.627. The molecule has 1 saturated carbocycles. The minimum Gasteiger partial charge on any atom is -0.463 e. The molecule has 2 atom stereocenters. The molecule has 152 valence electrons. The molecule has 1 aliphatic carbocycles. The molecule has 1 aromatic carbocycles. The molecular weight excluding hydrogens is 393 g/mol. The average molecular weight is 414 g/mol.